The minimum absolute atomic E-state index is 0.000891. The van der Waals surface area contributed by atoms with Crippen LogP contribution >= 0.6 is 11.8 Å². The van der Waals surface area contributed by atoms with Gasteiger partial charge in [0.2, 0.25) is 0 Å². The molecule has 0 radical (unpaired) electrons. The van der Waals surface area contributed by atoms with Crippen molar-refractivity contribution in [2.75, 3.05) is 25.3 Å². The smallest absolute Gasteiger partial charge is 0.161 e. The molecule has 1 aromatic rings. The summed E-state index contributed by atoms with van der Waals surface area (Å²) in [5, 5.41) is 4.22. The van der Waals surface area contributed by atoms with Gasteiger partial charge in [0.15, 0.2) is 5.17 Å². The van der Waals surface area contributed by atoms with Gasteiger partial charge in [0.05, 0.1) is 25.4 Å². The summed E-state index contributed by atoms with van der Waals surface area (Å²) in [5.41, 5.74) is 0.875. The molecule has 0 unspecified atom stereocenters. The largest absolute Gasteiger partial charge is 0.497 e. The van der Waals surface area contributed by atoms with Crippen LogP contribution in [-0.2, 0) is 0 Å². The molecule has 0 aliphatic carbocycles. The SMILES string of the molecule is COc1ccc(OC)c(NC2=NC(C)(C)CS2)c1. The average molecular weight is 266 g/mol. The van der Waals surface area contributed by atoms with Gasteiger partial charge in [-0.3, -0.25) is 4.99 Å². The number of benzene rings is 1. The van der Waals surface area contributed by atoms with Crippen LogP contribution in [0.3, 0.4) is 0 Å². The lowest BCUT2D eigenvalue weighted by Crippen LogP contribution is -2.15. The second-order valence-electron chi connectivity index (χ2n) is 4.71. The second kappa shape index (κ2) is 5.10. The van der Waals surface area contributed by atoms with Crippen molar-refractivity contribution in [1.29, 1.82) is 0 Å². The van der Waals surface area contributed by atoms with Gasteiger partial charge >= 0.3 is 0 Å². The maximum Gasteiger partial charge on any atom is 0.161 e. The first-order valence-corrected chi connectivity index (χ1v) is 6.74. The molecule has 0 amide bonds. The Morgan fingerprint density at radius 3 is 2.61 bits per heavy atom. The lowest BCUT2D eigenvalue weighted by Gasteiger charge is -2.12. The molecule has 0 saturated heterocycles. The number of anilines is 1. The van der Waals surface area contributed by atoms with Crippen molar-refractivity contribution in [2.45, 2.75) is 19.4 Å². The molecule has 0 bridgehead atoms. The van der Waals surface area contributed by atoms with Crippen LogP contribution in [-0.4, -0.2) is 30.7 Å². The van der Waals surface area contributed by atoms with E-state index in [0.29, 0.717) is 0 Å². The predicted octanol–water partition coefficient (Wildman–Crippen LogP) is 3.00. The van der Waals surface area contributed by atoms with Crippen molar-refractivity contribution in [3.63, 3.8) is 0 Å². The summed E-state index contributed by atoms with van der Waals surface area (Å²) in [6.45, 7) is 4.25. The van der Waals surface area contributed by atoms with Gasteiger partial charge < -0.3 is 14.8 Å². The third kappa shape index (κ3) is 2.90. The van der Waals surface area contributed by atoms with Gasteiger partial charge in [-0.1, -0.05) is 11.8 Å². The maximum atomic E-state index is 5.32. The Morgan fingerprint density at radius 2 is 2.06 bits per heavy atom. The normalized spacial score (nSPS) is 17.2. The highest BCUT2D eigenvalue weighted by Gasteiger charge is 2.25. The number of rotatable bonds is 3. The first kappa shape index (κ1) is 13.1. The predicted molar refractivity (Wildman–Crippen MR) is 77.1 cm³/mol. The Balaban J connectivity index is 2.23. The van der Waals surface area contributed by atoms with Crippen molar-refractivity contribution < 1.29 is 9.47 Å². The number of nitrogens with zero attached hydrogens (tertiary/aromatic N) is 1. The third-order valence-electron chi connectivity index (χ3n) is 2.61. The highest BCUT2D eigenvalue weighted by molar-refractivity contribution is 8.14. The molecule has 1 aliphatic rings. The fourth-order valence-corrected chi connectivity index (χ4v) is 2.72. The Kier molecular flexibility index (Phi) is 3.71. The Morgan fingerprint density at radius 1 is 1.28 bits per heavy atom. The van der Waals surface area contributed by atoms with Crippen molar-refractivity contribution in [1.82, 2.24) is 0 Å². The molecule has 0 fully saturated rings. The molecular weight excluding hydrogens is 248 g/mol. The number of nitrogens with one attached hydrogen (secondary N) is 1. The molecule has 1 aromatic carbocycles. The lowest BCUT2D eigenvalue weighted by atomic mass is 10.1. The van der Waals surface area contributed by atoms with Gasteiger partial charge in [-0.15, -0.1) is 0 Å². The van der Waals surface area contributed by atoms with Crippen LogP contribution < -0.4 is 14.8 Å². The van der Waals surface area contributed by atoms with Gasteiger partial charge in [0.1, 0.15) is 11.5 Å². The summed E-state index contributed by atoms with van der Waals surface area (Å²) >= 11 is 1.72. The van der Waals surface area contributed by atoms with Crippen molar-refractivity contribution in [3.8, 4) is 11.5 Å². The monoisotopic (exact) mass is 266 g/mol. The van der Waals surface area contributed by atoms with Gasteiger partial charge in [-0.25, -0.2) is 0 Å². The topological polar surface area (TPSA) is 42.9 Å². The zero-order valence-electron chi connectivity index (χ0n) is 11.1. The Bertz CT molecular complexity index is 472. The molecule has 5 heteroatoms. The van der Waals surface area contributed by atoms with E-state index in [4.69, 9.17) is 9.47 Å². The Labute approximate surface area is 112 Å². The van der Waals surface area contributed by atoms with E-state index in [-0.39, 0.29) is 5.54 Å². The van der Waals surface area contributed by atoms with E-state index in [1.807, 2.05) is 18.2 Å². The van der Waals surface area contributed by atoms with Gasteiger partial charge in [0, 0.05) is 11.8 Å². The molecule has 1 heterocycles. The van der Waals surface area contributed by atoms with Crippen molar-refractivity contribution in [2.24, 2.45) is 4.99 Å². The molecular formula is C13H18N2O2S. The van der Waals surface area contributed by atoms with E-state index in [9.17, 15) is 0 Å². The van der Waals surface area contributed by atoms with E-state index >= 15 is 0 Å². The zero-order valence-corrected chi connectivity index (χ0v) is 11.9. The quantitative estimate of drug-likeness (QED) is 0.913. The number of ether oxygens (including phenoxy) is 2. The standard InChI is InChI=1S/C13H18N2O2S/c1-13(2)8-18-12(15-13)14-10-7-9(16-3)5-6-11(10)17-4/h5-7H,8H2,1-4H3,(H,14,15). The van der Waals surface area contributed by atoms with Crippen LogP contribution in [0.5, 0.6) is 11.5 Å². The summed E-state index contributed by atoms with van der Waals surface area (Å²) in [4.78, 5) is 4.62. The lowest BCUT2D eigenvalue weighted by molar-refractivity contribution is 0.405. The first-order chi connectivity index (χ1) is 8.54. The van der Waals surface area contributed by atoms with Gasteiger partial charge in [0.25, 0.3) is 0 Å². The average Bonchev–Trinajstić information content (AvgIpc) is 2.68. The number of thioether (sulfide) groups is 1. The van der Waals surface area contributed by atoms with E-state index in [0.717, 1.165) is 28.1 Å². The first-order valence-electron chi connectivity index (χ1n) is 5.76. The summed E-state index contributed by atoms with van der Waals surface area (Å²) in [6, 6.07) is 5.66. The summed E-state index contributed by atoms with van der Waals surface area (Å²) < 4.78 is 10.5. The fourth-order valence-electron chi connectivity index (χ4n) is 1.68. The van der Waals surface area contributed by atoms with Gasteiger partial charge in [-0.2, -0.15) is 0 Å². The Hall–Kier alpha value is -1.36. The minimum atomic E-state index is -0.000891. The molecule has 0 saturated carbocycles. The fraction of sp³-hybridized carbons (Fsp3) is 0.462. The number of hydrogen-bond acceptors (Lipinski definition) is 5. The highest BCUT2D eigenvalue weighted by atomic mass is 32.2. The van der Waals surface area contributed by atoms with Crippen molar-refractivity contribution in [3.05, 3.63) is 18.2 Å². The van der Waals surface area contributed by atoms with Crippen LogP contribution in [0.15, 0.2) is 23.2 Å². The molecule has 18 heavy (non-hydrogen) atoms. The van der Waals surface area contributed by atoms with E-state index in [1.54, 1.807) is 26.0 Å². The molecule has 1 aliphatic heterocycles. The molecule has 4 nitrogen and oxygen atoms in total. The molecule has 0 atom stereocenters. The summed E-state index contributed by atoms with van der Waals surface area (Å²) in [6.07, 6.45) is 0. The van der Waals surface area contributed by atoms with E-state index < -0.39 is 0 Å². The number of amidine groups is 1. The number of methoxy groups -OCH3 is 2. The molecule has 0 aromatic heterocycles. The number of aliphatic imine (C=N–C) groups is 1. The molecule has 98 valence electrons. The highest BCUT2D eigenvalue weighted by Crippen LogP contribution is 2.33. The van der Waals surface area contributed by atoms with Crippen LogP contribution in [0.4, 0.5) is 5.69 Å². The van der Waals surface area contributed by atoms with Crippen LogP contribution in [0.2, 0.25) is 0 Å². The summed E-state index contributed by atoms with van der Waals surface area (Å²) in [5.74, 6) is 2.56. The van der Waals surface area contributed by atoms with Gasteiger partial charge in [-0.05, 0) is 26.0 Å². The molecule has 2 rings (SSSR count). The zero-order chi connectivity index (χ0) is 13.2. The van der Waals surface area contributed by atoms with E-state index in [2.05, 4.69) is 24.2 Å². The molecule has 1 N–H and O–H groups in total. The number of hydrogen-bond donors (Lipinski definition) is 1. The summed E-state index contributed by atoms with van der Waals surface area (Å²) in [7, 11) is 3.30. The maximum absolute atomic E-state index is 5.32. The van der Waals surface area contributed by atoms with Crippen LogP contribution in [0, 0.1) is 0 Å². The van der Waals surface area contributed by atoms with Crippen LogP contribution in [0.25, 0.3) is 0 Å². The minimum Gasteiger partial charge on any atom is -0.497 e. The second-order valence-corrected chi connectivity index (χ2v) is 5.67. The molecule has 0 spiro atoms. The van der Waals surface area contributed by atoms with Crippen molar-refractivity contribution >= 4 is 22.6 Å². The van der Waals surface area contributed by atoms with E-state index in [1.165, 1.54) is 0 Å². The van der Waals surface area contributed by atoms with Crippen LogP contribution in [0.1, 0.15) is 13.8 Å². The third-order valence-corrected chi connectivity index (χ3v) is 3.93.